The van der Waals surface area contributed by atoms with Crippen molar-refractivity contribution in [3.8, 4) is 0 Å². The maximum absolute atomic E-state index is 5.91. The summed E-state index contributed by atoms with van der Waals surface area (Å²) >= 11 is 17.5. The third-order valence-electron chi connectivity index (χ3n) is 1.78. The molecule has 5 heteroatoms. The maximum Gasteiger partial charge on any atom is 0.148 e. The number of pyridine rings is 1. The lowest BCUT2D eigenvalue weighted by Gasteiger charge is -2.13. The highest BCUT2D eigenvalue weighted by molar-refractivity contribution is 6.43. The standard InChI is InChI=1S/C8H9Cl3N2/c1-2-5(12)6-4(9)3-13-8(11)7(6)10/h3,5H,2,12H2,1H3/t5-/m0/s1. The minimum absolute atomic E-state index is 0.194. The molecular weight excluding hydrogens is 230 g/mol. The second-order valence-corrected chi connectivity index (χ2v) is 3.78. The van der Waals surface area contributed by atoms with Gasteiger partial charge in [0.05, 0.1) is 10.0 Å². The molecule has 0 spiro atoms. The monoisotopic (exact) mass is 238 g/mol. The number of hydrogen-bond acceptors (Lipinski definition) is 2. The van der Waals surface area contributed by atoms with Gasteiger partial charge in [-0.05, 0) is 6.42 Å². The van der Waals surface area contributed by atoms with E-state index < -0.39 is 0 Å². The van der Waals surface area contributed by atoms with Gasteiger partial charge in [-0.15, -0.1) is 0 Å². The van der Waals surface area contributed by atoms with Crippen molar-refractivity contribution in [2.45, 2.75) is 19.4 Å². The molecule has 1 aromatic rings. The fraction of sp³-hybridized carbons (Fsp3) is 0.375. The molecule has 0 aliphatic carbocycles. The fourth-order valence-corrected chi connectivity index (χ4v) is 1.77. The maximum atomic E-state index is 5.91. The molecule has 13 heavy (non-hydrogen) atoms. The van der Waals surface area contributed by atoms with Gasteiger partial charge in [-0.1, -0.05) is 41.7 Å². The van der Waals surface area contributed by atoms with Crippen LogP contribution in [0.25, 0.3) is 0 Å². The quantitative estimate of drug-likeness (QED) is 0.803. The van der Waals surface area contributed by atoms with Crippen molar-refractivity contribution < 1.29 is 0 Å². The van der Waals surface area contributed by atoms with Crippen molar-refractivity contribution >= 4 is 34.8 Å². The summed E-state index contributed by atoms with van der Waals surface area (Å²) < 4.78 is 0. The minimum Gasteiger partial charge on any atom is -0.324 e. The lowest BCUT2D eigenvalue weighted by atomic mass is 10.1. The molecule has 0 fully saturated rings. The van der Waals surface area contributed by atoms with Crippen molar-refractivity contribution in [1.29, 1.82) is 0 Å². The van der Waals surface area contributed by atoms with Gasteiger partial charge in [0.25, 0.3) is 0 Å². The van der Waals surface area contributed by atoms with Crippen LogP contribution in [0.3, 0.4) is 0 Å². The zero-order chi connectivity index (χ0) is 10.0. The van der Waals surface area contributed by atoms with Crippen LogP contribution in [0.4, 0.5) is 0 Å². The van der Waals surface area contributed by atoms with Gasteiger partial charge in [-0.25, -0.2) is 4.98 Å². The van der Waals surface area contributed by atoms with E-state index in [9.17, 15) is 0 Å². The van der Waals surface area contributed by atoms with Crippen LogP contribution >= 0.6 is 34.8 Å². The first-order valence-electron chi connectivity index (χ1n) is 3.82. The van der Waals surface area contributed by atoms with Crippen molar-refractivity contribution in [1.82, 2.24) is 4.98 Å². The predicted molar refractivity (Wildman–Crippen MR) is 56.5 cm³/mol. The zero-order valence-electron chi connectivity index (χ0n) is 7.02. The highest BCUT2D eigenvalue weighted by Gasteiger charge is 2.15. The summed E-state index contributed by atoms with van der Waals surface area (Å²) in [4.78, 5) is 3.80. The Kier molecular flexibility index (Phi) is 3.80. The Hall–Kier alpha value is -0.0200. The van der Waals surface area contributed by atoms with Gasteiger partial charge in [-0.2, -0.15) is 0 Å². The number of nitrogens with two attached hydrogens (primary N) is 1. The van der Waals surface area contributed by atoms with Gasteiger partial charge >= 0.3 is 0 Å². The van der Waals surface area contributed by atoms with E-state index in [0.717, 1.165) is 6.42 Å². The second-order valence-electron chi connectivity index (χ2n) is 2.64. The van der Waals surface area contributed by atoms with Crippen LogP contribution in [0.1, 0.15) is 24.9 Å². The molecule has 0 aromatic carbocycles. The van der Waals surface area contributed by atoms with Gasteiger partial charge in [0.1, 0.15) is 5.15 Å². The average molecular weight is 240 g/mol. The van der Waals surface area contributed by atoms with Crippen molar-refractivity contribution in [3.63, 3.8) is 0 Å². The number of hydrogen-bond donors (Lipinski definition) is 1. The molecular formula is C8H9Cl3N2. The van der Waals surface area contributed by atoms with Gasteiger partial charge in [0.2, 0.25) is 0 Å². The van der Waals surface area contributed by atoms with E-state index in [4.69, 9.17) is 40.5 Å². The molecule has 0 aliphatic heterocycles. The number of halogens is 3. The molecule has 2 N–H and O–H groups in total. The SMILES string of the molecule is CC[C@H](N)c1c(Cl)cnc(Cl)c1Cl. The van der Waals surface area contributed by atoms with Crippen LogP contribution in [0.15, 0.2) is 6.20 Å². The molecule has 72 valence electrons. The largest absolute Gasteiger partial charge is 0.324 e. The summed E-state index contributed by atoms with van der Waals surface area (Å²) in [6.45, 7) is 1.95. The lowest BCUT2D eigenvalue weighted by molar-refractivity contribution is 0.698. The highest BCUT2D eigenvalue weighted by Crippen LogP contribution is 2.33. The van der Waals surface area contributed by atoms with Crippen LogP contribution in [-0.2, 0) is 0 Å². The molecule has 0 saturated heterocycles. The third-order valence-corrected chi connectivity index (χ3v) is 2.84. The summed E-state index contributed by atoms with van der Waals surface area (Å²) in [7, 11) is 0. The van der Waals surface area contributed by atoms with Gasteiger partial charge < -0.3 is 5.73 Å². The number of nitrogens with zero attached hydrogens (tertiary/aromatic N) is 1. The number of aromatic nitrogens is 1. The Morgan fingerprint density at radius 1 is 1.46 bits per heavy atom. The Bertz CT molecular complexity index is 315. The first-order chi connectivity index (χ1) is 6.07. The zero-order valence-corrected chi connectivity index (χ0v) is 9.29. The van der Waals surface area contributed by atoms with Crippen molar-refractivity contribution in [2.24, 2.45) is 5.73 Å². The Balaban J connectivity index is 3.25. The van der Waals surface area contributed by atoms with Gasteiger partial charge in [0, 0.05) is 17.8 Å². The predicted octanol–water partition coefficient (Wildman–Crippen LogP) is 3.45. The van der Waals surface area contributed by atoms with Crippen LogP contribution in [0, 0.1) is 0 Å². The molecule has 0 radical (unpaired) electrons. The van der Waals surface area contributed by atoms with Crippen LogP contribution < -0.4 is 5.73 Å². The third kappa shape index (κ3) is 2.26. The average Bonchev–Trinajstić information content (AvgIpc) is 2.12. The smallest absolute Gasteiger partial charge is 0.148 e. The van der Waals surface area contributed by atoms with E-state index in [1.165, 1.54) is 6.20 Å². The second kappa shape index (κ2) is 4.47. The Morgan fingerprint density at radius 2 is 2.08 bits per heavy atom. The van der Waals surface area contributed by atoms with Crippen LogP contribution in [-0.4, -0.2) is 4.98 Å². The van der Waals surface area contributed by atoms with Gasteiger partial charge in [-0.3, -0.25) is 0 Å². The topological polar surface area (TPSA) is 38.9 Å². The molecule has 0 bridgehead atoms. The molecule has 0 aliphatic rings. The first-order valence-corrected chi connectivity index (χ1v) is 4.96. The van der Waals surface area contributed by atoms with E-state index in [1.807, 2.05) is 6.92 Å². The minimum atomic E-state index is -0.194. The van der Waals surface area contributed by atoms with E-state index in [2.05, 4.69) is 4.98 Å². The summed E-state index contributed by atoms with van der Waals surface area (Å²) in [5.41, 5.74) is 6.48. The molecule has 2 nitrogen and oxygen atoms in total. The fourth-order valence-electron chi connectivity index (χ4n) is 1.000. The Morgan fingerprint density at radius 3 is 2.62 bits per heavy atom. The lowest BCUT2D eigenvalue weighted by Crippen LogP contribution is -2.10. The van der Waals surface area contributed by atoms with E-state index in [0.29, 0.717) is 15.6 Å². The highest BCUT2D eigenvalue weighted by atomic mass is 35.5. The molecule has 1 atom stereocenters. The van der Waals surface area contributed by atoms with Crippen molar-refractivity contribution in [3.05, 3.63) is 27.0 Å². The molecule has 0 saturated carbocycles. The van der Waals surface area contributed by atoms with E-state index >= 15 is 0 Å². The summed E-state index contributed by atoms with van der Waals surface area (Å²) in [6, 6.07) is -0.194. The van der Waals surface area contributed by atoms with Crippen LogP contribution in [0.5, 0.6) is 0 Å². The summed E-state index contributed by atoms with van der Waals surface area (Å²) in [6.07, 6.45) is 2.21. The van der Waals surface area contributed by atoms with Gasteiger partial charge in [0.15, 0.2) is 0 Å². The number of rotatable bonds is 2. The Labute approximate surface area is 92.0 Å². The van der Waals surface area contributed by atoms with E-state index in [1.54, 1.807) is 0 Å². The first kappa shape index (κ1) is 11.1. The molecule has 1 aromatic heterocycles. The molecule has 0 amide bonds. The summed E-state index contributed by atoms with van der Waals surface area (Å²) in [5, 5.41) is 1.05. The van der Waals surface area contributed by atoms with Crippen LogP contribution in [0.2, 0.25) is 15.2 Å². The molecule has 1 rings (SSSR count). The molecule has 0 unspecified atom stereocenters. The molecule has 1 heterocycles. The summed E-state index contributed by atoms with van der Waals surface area (Å²) in [5.74, 6) is 0. The normalized spacial score (nSPS) is 13.0. The van der Waals surface area contributed by atoms with Crippen molar-refractivity contribution in [2.75, 3.05) is 0 Å². The van der Waals surface area contributed by atoms with E-state index in [-0.39, 0.29) is 11.2 Å².